The molecule has 69 heavy (non-hydrogen) atoms. The van der Waals surface area contributed by atoms with Gasteiger partial charge in [-0.05, 0) is 132 Å². The molecule has 6 aliphatic rings. The number of rotatable bonds is 4. The lowest BCUT2D eigenvalue weighted by molar-refractivity contribution is 0.720. The topological polar surface area (TPSA) is 6.48 Å². The number of anilines is 6. The minimum absolute atomic E-state index is 0.0131. The summed E-state index contributed by atoms with van der Waals surface area (Å²) in [4.78, 5) is 5.31. The summed E-state index contributed by atoms with van der Waals surface area (Å²) in [7, 11) is 0. The predicted octanol–water partition coefficient (Wildman–Crippen LogP) is 15.1. The number of hydrogen-bond acceptors (Lipinski definition) is 2. The van der Waals surface area contributed by atoms with Gasteiger partial charge in [0.1, 0.15) is 0 Å². The van der Waals surface area contributed by atoms with Crippen LogP contribution in [-0.4, -0.2) is 6.71 Å². The maximum Gasteiger partial charge on any atom is 0.252 e. The Balaban J connectivity index is 1.03. The van der Waals surface area contributed by atoms with E-state index in [0.717, 1.165) is 12.8 Å². The Labute approximate surface area is 405 Å². The van der Waals surface area contributed by atoms with Crippen molar-refractivity contribution < 1.29 is 0 Å². The molecule has 0 spiro atoms. The zero-order valence-electron chi connectivity index (χ0n) is 38.9. The maximum atomic E-state index is 2.66. The minimum atomic E-state index is 0.0131. The van der Waals surface area contributed by atoms with Crippen LogP contribution in [0.1, 0.15) is 70.9 Å². The summed E-state index contributed by atoms with van der Waals surface area (Å²) in [5, 5.41) is 5.29. The number of benzene rings is 9. The molecule has 0 fully saturated rings. The second-order valence-corrected chi connectivity index (χ2v) is 19.9. The first-order valence-corrected chi connectivity index (χ1v) is 25.2. The van der Waals surface area contributed by atoms with Gasteiger partial charge in [0.15, 0.2) is 0 Å². The van der Waals surface area contributed by atoms with Crippen molar-refractivity contribution in [2.75, 3.05) is 9.80 Å². The van der Waals surface area contributed by atoms with Crippen molar-refractivity contribution in [3.63, 3.8) is 0 Å². The molecule has 9 aromatic rings. The van der Waals surface area contributed by atoms with Crippen LogP contribution in [0.5, 0.6) is 0 Å². The van der Waals surface area contributed by atoms with Gasteiger partial charge in [-0.3, -0.25) is 0 Å². The molecule has 4 unspecified atom stereocenters. The second-order valence-electron chi connectivity index (χ2n) is 19.9. The number of hydrogen-bond donors (Lipinski definition) is 0. The first kappa shape index (κ1) is 39.2. The van der Waals surface area contributed by atoms with Gasteiger partial charge in [-0.2, -0.15) is 0 Å². The highest BCUT2D eigenvalue weighted by Gasteiger charge is 2.46. The third-order valence-corrected chi connectivity index (χ3v) is 16.7. The Hall–Kier alpha value is -7.88. The second kappa shape index (κ2) is 14.8. The van der Waals surface area contributed by atoms with Crippen LogP contribution in [0.15, 0.2) is 212 Å². The van der Waals surface area contributed by atoms with Gasteiger partial charge in [-0.1, -0.05) is 190 Å². The van der Waals surface area contributed by atoms with Crippen molar-refractivity contribution in [2.45, 2.75) is 50.4 Å². The molecule has 2 heterocycles. The number of allylic oxidation sites excluding steroid dienone is 8. The third-order valence-electron chi connectivity index (χ3n) is 16.7. The van der Waals surface area contributed by atoms with Crippen LogP contribution >= 0.6 is 0 Å². The average molecular weight is 881 g/mol. The smallest absolute Gasteiger partial charge is 0.252 e. The minimum Gasteiger partial charge on any atom is -0.311 e. The van der Waals surface area contributed by atoms with Crippen LogP contribution in [0.25, 0.3) is 43.8 Å². The fraction of sp³-hybridized carbons (Fsp3) is 0.121. The fourth-order valence-electron chi connectivity index (χ4n) is 13.8. The standard InChI is InChI=1S/C66H49BN2/c1-3-40-36-60-65(56-28-15-5-18-44(40)56)68(42-32-34-54-50-24-9-7-20-46(50)48-22-11-13-26-52(48)58(54)38-42)62-30-17-31-63-64(62)67(60)61-37-41(4-2)45-19-6-16-29-57(45)66(61)69(63)43-33-35-55-51-25-10-8-21-47(51)49-23-12-14-27-53(49)59(55)39-43/h5-39,48-49,52-53H,3-4H2,1-2H3. The molecular weight excluding hydrogens is 832 g/mol. The van der Waals surface area contributed by atoms with Gasteiger partial charge < -0.3 is 9.80 Å². The predicted molar refractivity (Wildman–Crippen MR) is 293 cm³/mol. The zero-order valence-corrected chi connectivity index (χ0v) is 38.9. The van der Waals surface area contributed by atoms with Gasteiger partial charge >= 0.3 is 0 Å². The van der Waals surface area contributed by atoms with Crippen LogP contribution in [0.2, 0.25) is 0 Å². The molecule has 0 saturated carbocycles. The van der Waals surface area contributed by atoms with E-state index in [1.54, 1.807) is 0 Å². The van der Waals surface area contributed by atoms with E-state index in [0.29, 0.717) is 11.8 Å². The number of aryl methyl sites for hydroxylation is 2. The van der Waals surface area contributed by atoms with Crippen LogP contribution in [0.4, 0.5) is 34.1 Å². The lowest BCUT2D eigenvalue weighted by atomic mass is 9.33. The molecule has 2 aliphatic heterocycles. The van der Waals surface area contributed by atoms with Crippen molar-refractivity contribution in [1.29, 1.82) is 0 Å². The summed E-state index contributed by atoms with van der Waals surface area (Å²) in [5.74, 6) is 1.12. The van der Waals surface area contributed by atoms with E-state index in [9.17, 15) is 0 Å². The largest absolute Gasteiger partial charge is 0.311 e. The molecule has 0 amide bonds. The Morgan fingerprint density at radius 1 is 0.377 bits per heavy atom. The maximum absolute atomic E-state index is 2.66. The molecule has 0 saturated heterocycles. The average Bonchev–Trinajstić information content (AvgIpc) is 3.42. The van der Waals surface area contributed by atoms with E-state index >= 15 is 0 Å². The molecule has 9 aromatic carbocycles. The van der Waals surface area contributed by atoms with Crippen LogP contribution in [0, 0.1) is 0 Å². The lowest BCUT2D eigenvalue weighted by Gasteiger charge is -2.45. The lowest BCUT2D eigenvalue weighted by Crippen LogP contribution is -2.61. The van der Waals surface area contributed by atoms with E-state index in [4.69, 9.17) is 0 Å². The molecule has 0 aromatic heterocycles. The van der Waals surface area contributed by atoms with Gasteiger partial charge in [0.2, 0.25) is 0 Å². The quantitative estimate of drug-likeness (QED) is 0.163. The highest BCUT2D eigenvalue weighted by Crippen LogP contribution is 2.55. The molecule has 3 heteroatoms. The third kappa shape index (κ3) is 5.39. The molecule has 15 rings (SSSR count). The molecule has 2 nitrogen and oxygen atoms in total. The van der Waals surface area contributed by atoms with Gasteiger partial charge in [-0.15, -0.1) is 0 Å². The number of fused-ring (bicyclic) bond motifs is 20. The van der Waals surface area contributed by atoms with E-state index in [1.165, 1.54) is 128 Å². The molecule has 326 valence electrons. The van der Waals surface area contributed by atoms with Crippen LogP contribution in [-0.2, 0) is 12.8 Å². The Kier molecular flexibility index (Phi) is 8.40. The first-order valence-electron chi connectivity index (χ1n) is 25.2. The van der Waals surface area contributed by atoms with Crippen molar-refractivity contribution in [2.24, 2.45) is 0 Å². The van der Waals surface area contributed by atoms with Crippen molar-refractivity contribution in [3.05, 3.63) is 246 Å². The molecule has 4 atom stereocenters. The molecule has 0 bridgehead atoms. The normalized spacial score (nSPS) is 19.2. The highest BCUT2D eigenvalue weighted by atomic mass is 15.2. The summed E-state index contributed by atoms with van der Waals surface area (Å²) in [6.07, 6.45) is 20.6. The molecular formula is C66H49BN2. The fourth-order valence-corrected chi connectivity index (χ4v) is 13.8. The van der Waals surface area contributed by atoms with E-state index < -0.39 is 0 Å². The SMILES string of the molecule is CCc1cc2c(c3ccccc13)N(c1ccc3c(c1)C1C=CC=CC1c1ccccc1-3)c1cccc3c1B2c1cc(CC)c2ccccc2c1N3c1ccc2c(c1)C1C=CC=CC1c1ccccc1-2. The summed E-state index contributed by atoms with van der Waals surface area (Å²) in [5.41, 5.74) is 25.4. The molecule has 0 N–H and O–H groups in total. The van der Waals surface area contributed by atoms with Crippen molar-refractivity contribution >= 4 is 78.8 Å². The van der Waals surface area contributed by atoms with Crippen LogP contribution < -0.4 is 26.2 Å². The number of nitrogens with zero attached hydrogens (tertiary/aromatic N) is 2. The summed E-state index contributed by atoms with van der Waals surface area (Å²) < 4.78 is 0. The Morgan fingerprint density at radius 3 is 1.22 bits per heavy atom. The summed E-state index contributed by atoms with van der Waals surface area (Å²) in [6.45, 7) is 4.67. The van der Waals surface area contributed by atoms with Crippen molar-refractivity contribution in [3.8, 4) is 22.3 Å². The van der Waals surface area contributed by atoms with Gasteiger partial charge in [-0.25, -0.2) is 0 Å². The highest BCUT2D eigenvalue weighted by molar-refractivity contribution is 7.00. The summed E-state index contributed by atoms with van der Waals surface area (Å²) >= 11 is 0. The molecule has 4 aliphatic carbocycles. The van der Waals surface area contributed by atoms with Gasteiger partial charge in [0, 0.05) is 68.6 Å². The summed E-state index contributed by atoms with van der Waals surface area (Å²) in [6, 6.07) is 63.6. The monoisotopic (exact) mass is 880 g/mol. The van der Waals surface area contributed by atoms with E-state index in [-0.39, 0.29) is 18.5 Å². The first-order chi connectivity index (χ1) is 34.2. The van der Waals surface area contributed by atoms with Gasteiger partial charge in [0.25, 0.3) is 6.71 Å². The Bertz CT molecular complexity index is 3580. The Morgan fingerprint density at radius 2 is 0.768 bits per heavy atom. The van der Waals surface area contributed by atoms with Gasteiger partial charge in [0.05, 0.1) is 0 Å². The van der Waals surface area contributed by atoms with E-state index in [2.05, 4.69) is 236 Å². The zero-order chi connectivity index (χ0) is 45.5. The van der Waals surface area contributed by atoms with Crippen LogP contribution in [0.3, 0.4) is 0 Å². The molecule has 0 radical (unpaired) electrons. The van der Waals surface area contributed by atoms with Crippen molar-refractivity contribution in [1.82, 2.24) is 0 Å². The van der Waals surface area contributed by atoms with E-state index in [1.807, 2.05) is 0 Å².